The van der Waals surface area contributed by atoms with Gasteiger partial charge in [0.05, 0.1) is 48.7 Å². The molecular formula is C41H47NO17. The van der Waals surface area contributed by atoms with Gasteiger partial charge in [-0.05, 0) is 37.1 Å². The highest BCUT2D eigenvalue weighted by atomic mass is 16.7. The molecule has 0 bridgehead atoms. The van der Waals surface area contributed by atoms with Gasteiger partial charge < -0.3 is 75.0 Å². The Labute approximate surface area is 337 Å². The molecule has 59 heavy (non-hydrogen) atoms. The van der Waals surface area contributed by atoms with Crippen LogP contribution in [0.15, 0.2) is 36.4 Å². The molecule has 4 unspecified atom stereocenters. The molecule has 2 saturated heterocycles. The molecule has 4 aliphatic rings. The van der Waals surface area contributed by atoms with Crippen molar-refractivity contribution in [3.8, 4) is 23.0 Å². The van der Waals surface area contributed by atoms with Gasteiger partial charge in [-0.1, -0.05) is 24.3 Å². The number of nitrogens with one attached hydrogen (secondary N) is 1. The number of benzene rings is 3. The number of ether oxygens (including phenoxy) is 5. The van der Waals surface area contributed by atoms with Crippen LogP contribution in [0.2, 0.25) is 0 Å². The molecule has 2 fully saturated rings. The summed E-state index contributed by atoms with van der Waals surface area (Å²) in [7, 11) is 1.31. The Hall–Kier alpha value is -4.57. The molecular weight excluding hydrogens is 778 g/mol. The minimum absolute atomic E-state index is 0.0132. The summed E-state index contributed by atoms with van der Waals surface area (Å²) >= 11 is 0. The van der Waals surface area contributed by atoms with E-state index >= 15 is 0 Å². The van der Waals surface area contributed by atoms with Crippen molar-refractivity contribution in [2.24, 2.45) is 0 Å². The van der Waals surface area contributed by atoms with Gasteiger partial charge >= 0.3 is 0 Å². The minimum atomic E-state index is -2.33. The second kappa shape index (κ2) is 16.5. The van der Waals surface area contributed by atoms with E-state index in [2.05, 4.69) is 5.32 Å². The Balaban J connectivity index is 1.12. The second-order valence-corrected chi connectivity index (χ2v) is 15.4. The van der Waals surface area contributed by atoms with E-state index in [1.165, 1.54) is 25.3 Å². The SMILES string of the molecule is COc1cccc2c1C(=O)c1c(O)c3c(c(O)c1C2=O)C[C@@](O)(C(=O)CO)C[C@@H]3O[C@H]1C[C@H](NCc2ccc(O[C@@H]3OC(CO)[C@H](O)C(O)C3O)c(C)c2)[C@@H](O)C(C)O1. The Kier molecular flexibility index (Phi) is 11.9. The summed E-state index contributed by atoms with van der Waals surface area (Å²) in [4.78, 5) is 40.8. The molecule has 318 valence electrons. The van der Waals surface area contributed by atoms with Crippen molar-refractivity contribution >= 4 is 17.3 Å². The summed E-state index contributed by atoms with van der Waals surface area (Å²) in [5.74, 6) is -3.73. The largest absolute Gasteiger partial charge is 0.507 e. The first kappa shape index (κ1) is 42.6. The zero-order valence-corrected chi connectivity index (χ0v) is 32.3. The number of Topliss-reactive ketones (excluding diaryl/α,β-unsaturated/α-hetero) is 1. The normalized spacial score (nSPS) is 31.6. The maximum atomic E-state index is 14.0. The summed E-state index contributed by atoms with van der Waals surface area (Å²) in [6.07, 6.45) is -13.0. The van der Waals surface area contributed by atoms with Gasteiger partial charge in [0, 0.05) is 48.5 Å². The number of aryl methyl sites for hydroxylation is 1. The van der Waals surface area contributed by atoms with Crippen LogP contribution in [0.1, 0.15) is 80.0 Å². The number of carbonyl (C=O) groups is 3. The quantitative estimate of drug-likeness (QED) is 0.0838. The van der Waals surface area contributed by atoms with E-state index in [-0.39, 0.29) is 41.0 Å². The molecule has 0 amide bonds. The molecule has 0 aromatic heterocycles. The molecule has 0 spiro atoms. The number of phenols is 2. The Morgan fingerprint density at radius 3 is 2.32 bits per heavy atom. The molecule has 7 rings (SSSR count). The van der Waals surface area contributed by atoms with E-state index in [4.69, 9.17) is 23.7 Å². The van der Waals surface area contributed by atoms with Gasteiger partial charge in [-0.2, -0.15) is 0 Å². The number of ketones is 3. The van der Waals surface area contributed by atoms with Crippen LogP contribution in [0.3, 0.4) is 0 Å². The van der Waals surface area contributed by atoms with Gasteiger partial charge in [0.1, 0.15) is 59.6 Å². The molecule has 2 aliphatic carbocycles. The Morgan fingerprint density at radius 2 is 1.64 bits per heavy atom. The highest BCUT2D eigenvalue weighted by Gasteiger charge is 2.50. The van der Waals surface area contributed by atoms with Crippen LogP contribution in [0.4, 0.5) is 0 Å². The lowest BCUT2D eigenvalue weighted by Crippen LogP contribution is -2.60. The smallest absolute Gasteiger partial charge is 0.229 e. The van der Waals surface area contributed by atoms with E-state index in [1.807, 2.05) is 0 Å². The van der Waals surface area contributed by atoms with Crippen LogP contribution in [0.25, 0.3) is 0 Å². The van der Waals surface area contributed by atoms with Gasteiger partial charge in [0.25, 0.3) is 0 Å². The van der Waals surface area contributed by atoms with Gasteiger partial charge in [0.2, 0.25) is 12.1 Å². The highest BCUT2D eigenvalue weighted by Crippen LogP contribution is 2.52. The standard InChI is InChI=1S/C41H47NO17/c1-16-9-18(7-8-22(16)58-40-39(53)38(52)35(49)25(14-43)59-40)13-42-21-10-27(56-17(2)32(21)46)57-24-12-41(54,26(45)15-44)11-20-29(24)37(51)31-30(34(20)48)33(47)19-5-4-6-23(55-3)28(19)36(31)50/h4-9,17,21,24-25,27,32,35,38-40,42-44,46,48-49,51-54H,10-15H2,1-3H3/t17?,21-,24-,25?,27-,32-,35-,38?,39?,40+,41-/m0/s1. The summed E-state index contributed by atoms with van der Waals surface area (Å²) in [5.41, 5.74) is -2.63. The van der Waals surface area contributed by atoms with Crippen molar-refractivity contribution in [1.29, 1.82) is 0 Å². The molecule has 2 heterocycles. The average molecular weight is 826 g/mol. The number of rotatable bonds is 11. The number of hydrogen-bond acceptors (Lipinski definition) is 18. The molecule has 10 N–H and O–H groups in total. The fourth-order valence-corrected chi connectivity index (χ4v) is 8.41. The number of fused-ring (bicyclic) bond motifs is 3. The van der Waals surface area contributed by atoms with Crippen LogP contribution < -0.4 is 14.8 Å². The molecule has 2 aliphatic heterocycles. The van der Waals surface area contributed by atoms with Crippen molar-refractivity contribution in [2.45, 2.75) is 107 Å². The molecule has 18 heteroatoms. The maximum Gasteiger partial charge on any atom is 0.229 e. The van der Waals surface area contributed by atoms with Crippen molar-refractivity contribution in [1.82, 2.24) is 5.32 Å². The summed E-state index contributed by atoms with van der Waals surface area (Å²) in [6, 6.07) is 8.72. The zero-order chi connectivity index (χ0) is 42.7. The van der Waals surface area contributed by atoms with Crippen molar-refractivity contribution in [3.05, 3.63) is 80.9 Å². The van der Waals surface area contributed by atoms with E-state index in [0.717, 1.165) is 5.56 Å². The van der Waals surface area contributed by atoms with E-state index < -0.39 is 133 Å². The Bertz CT molecular complexity index is 2140. The number of phenolic OH excluding ortho intramolecular Hbond substituents is 2. The first-order chi connectivity index (χ1) is 28.0. The van der Waals surface area contributed by atoms with Crippen molar-refractivity contribution in [3.63, 3.8) is 0 Å². The first-order valence-electron chi connectivity index (χ1n) is 19.1. The number of aliphatic hydroxyl groups excluding tert-OH is 6. The van der Waals surface area contributed by atoms with E-state index in [1.54, 1.807) is 32.0 Å². The molecule has 3 aromatic rings. The van der Waals surface area contributed by atoms with Gasteiger partial charge in [-0.3, -0.25) is 14.4 Å². The first-order valence-corrected chi connectivity index (χ1v) is 19.1. The number of aliphatic hydroxyl groups is 7. The molecule has 0 saturated carbocycles. The van der Waals surface area contributed by atoms with E-state index in [0.29, 0.717) is 11.3 Å². The molecule has 18 nitrogen and oxygen atoms in total. The fraction of sp³-hybridized carbons (Fsp3) is 0.488. The third-order valence-electron chi connectivity index (χ3n) is 11.7. The Morgan fingerprint density at radius 1 is 0.915 bits per heavy atom. The molecule has 3 aromatic carbocycles. The summed E-state index contributed by atoms with van der Waals surface area (Å²) in [6.45, 7) is 1.85. The number of hydrogen-bond donors (Lipinski definition) is 10. The van der Waals surface area contributed by atoms with Crippen LogP contribution >= 0.6 is 0 Å². The fourth-order valence-electron chi connectivity index (χ4n) is 8.41. The van der Waals surface area contributed by atoms with Crippen molar-refractivity contribution in [2.75, 3.05) is 20.3 Å². The lowest BCUT2D eigenvalue weighted by molar-refractivity contribution is -0.277. The predicted octanol–water partition coefficient (Wildman–Crippen LogP) is -0.680. The number of carbonyl (C=O) groups excluding carboxylic acids is 3. The maximum absolute atomic E-state index is 14.0. The van der Waals surface area contributed by atoms with Crippen LogP contribution in [0, 0.1) is 6.92 Å². The topological polar surface area (TPSA) is 291 Å². The minimum Gasteiger partial charge on any atom is -0.507 e. The number of methoxy groups -OCH3 is 1. The van der Waals surface area contributed by atoms with E-state index in [9.17, 15) is 60.3 Å². The second-order valence-electron chi connectivity index (χ2n) is 15.4. The number of aromatic hydroxyl groups is 2. The molecule has 11 atom stereocenters. The van der Waals surface area contributed by atoms with Gasteiger partial charge in [-0.25, -0.2) is 0 Å². The van der Waals surface area contributed by atoms with Crippen LogP contribution in [-0.4, -0.2) is 144 Å². The average Bonchev–Trinajstić information content (AvgIpc) is 3.21. The summed E-state index contributed by atoms with van der Waals surface area (Å²) < 4.78 is 28.9. The lowest BCUT2D eigenvalue weighted by atomic mass is 9.72. The van der Waals surface area contributed by atoms with Gasteiger partial charge in [-0.15, -0.1) is 0 Å². The third-order valence-corrected chi connectivity index (χ3v) is 11.7. The predicted molar refractivity (Wildman–Crippen MR) is 200 cm³/mol. The highest BCUT2D eigenvalue weighted by molar-refractivity contribution is 6.31. The van der Waals surface area contributed by atoms with Crippen molar-refractivity contribution < 1.29 is 84.0 Å². The summed E-state index contributed by atoms with van der Waals surface area (Å²) in [5, 5.41) is 99.4. The van der Waals surface area contributed by atoms with Crippen LogP contribution in [0.5, 0.6) is 23.0 Å². The third kappa shape index (κ3) is 7.48. The monoisotopic (exact) mass is 825 g/mol. The lowest BCUT2D eigenvalue weighted by Gasteiger charge is -2.43. The molecule has 0 radical (unpaired) electrons. The van der Waals surface area contributed by atoms with Crippen LogP contribution in [-0.2, 0) is 32.0 Å². The zero-order valence-electron chi connectivity index (χ0n) is 32.3. The van der Waals surface area contributed by atoms with Gasteiger partial charge in [0.15, 0.2) is 17.9 Å².